The molecule has 2 atom stereocenters. The smallest absolute Gasteiger partial charge is 0.143 e. The Balaban J connectivity index is 2.74. The first-order chi connectivity index (χ1) is 7.16. The monoisotopic (exact) mass is 211 g/mol. The van der Waals surface area contributed by atoms with Crippen LogP contribution in [0.1, 0.15) is 52.9 Å². The maximum Gasteiger partial charge on any atom is 0.143 e. The van der Waals surface area contributed by atoms with Gasteiger partial charge in [0.15, 0.2) is 0 Å². The maximum atomic E-state index is 12.4. The average molecular weight is 211 g/mol. The van der Waals surface area contributed by atoms with Crippen molar-refractivity contribution < 1.29 is 4.79 Å². The van der Waals surface area contributed by atoms with Crippen LogP contribution in [0.3, 0.4) is 0 Å². The molecule has 1 N–H and O–H groups in total. The van der Waals surface area contributed by atoms with Crippen molar-refractivity contribution in [3.63, 3.8) is 0 Å². The van der Waals surface area contributed by atoms with Crippen molar-refractivity contribution in [2.75, 3.05) is 13.1 Å². The number of hydrogen-bond acceptors (Lipinski definition) is 2. The summed E-state index contributed by atoms with van der Waals surface area (Å²) in [5, 5.41) is 3.40. The van der Waals surface area contributed by atoms with E-state index in [0.29, 0.717) is 5.78 Å². The van der Waals surface area contributed by atoms with Gasteiger partial charge in [-0.2, -0.15) is 0 Å². The summed E-state index contributed by atoms with van der Waals surface area (Å²) >= 11 is 0. The van der Waals surface area contributed by atoms with Crippen LogP contribution >= 0.6 is 0 Å². The third kappa shape index (κ3) is 2.81. The summed E-state index contributed by atoms with van der Waals surface area (Å²) in [6, 6.07) is 0. The molecule has 0 aromatic rings. The van der Waals surface area contributed by atoms with E-state index in [9.17, 15) is 4.79 Å². The number of piperidine rings is 1. The molecular weight excluding hydrogens is 186 g/mol. The Labute approximate surface area is 93.8 Å². The van der Waals surface area contributed by atoms with Crippen LogP contribution in [0.15, 0.2) is 0 Å². The molecule has 1 fully saturated rings. The van der Waals surface area contributed by atoms with Gasteiger partial charge in [0.25, 0.3) is 0 Å². The van der Waals surface area contributed by atoms with Crippen LogP contribution in [-0.4, -0.2) is 18.9 Å². The SMILES string of the molecule is CCCC1(C(=O)C(C)CC)CCCNC1. The second kappa shape index (κ2) is 5.64. The van der Waals surface area contributed by atoms with Gasteiger partial charge < -0.3 is 5.32 Å². The number of rotatable bonds is 5. The number of nitrogens with one attached hydrogen (secondary N) is 1. The maximum absolute atomic E-state index is 12.4. The lowest BCUT2D eigenvalue weighted by Gasteiger charge is -2.38. The molecule has 1 saturated heterocycles. The van der Waals surface area contributed by atoms with Gasteiger partial charge in [-0.15, -0.1) is 0 Å². The molecule has 2 unspecified atom stereocenters. The van der Waals surface area contributed by atoms with Gasteiger partial charge in [0.05, 0.1) is 0 Å². The van der Waals surface area contributed by atoms with Gasteiger partial charge in [-0.3, -0.25) is 4.79 Å². The fourth-order valence-corrected chi connectivity index (χ4v) is 2.70. The molecule has 0 aliphatic carbocycles. The Morgan fingerprint density at radius 2 is 2.20 bits per heavy atom. The normalized spacial score (nSPS) is 28.7. The van der Waals surface area contributed by atoms with Crippen molar-refractivity contribution in [3.8, 4) is 0 Å². The van der Waals surface area contributed by atoms with E-state index in [1.165, 1.54) is 0 Å². The van der Waals surface area contributed by atoms with Gasteiger partial charge in [-0.05, 0) is 32.2 Å². The van der Waals surface area contributed by atoms with E-state index in [1.54, 1.807) is 0 Å². The van der Waals surface area contributed by atoms with E-state index >= 15 is 0 Å². The molecule has 0 aromatic heterocycles. The molecule has 0 saturated carbocycles. The zero-order valence-electron chi connectivity index (χ0n) is 10.4. The summed E-state index contributed by atoms with van der Waals surface area (Å²) in [7, 11) is 0. The molecule has 2 heteroatoms. The number of carbonyl (C=O) groups is 1. The molecule has 0 radical (unpaired) electrons. The molecule has 1 heterocycles. The largest absolute Gasteiger partial charge is 0.316 e. The highest BCUT2D eigenvalue weighted by Crippen LogP contribution is 2.35. The Morgan fingerprint density at radius 3 is 2.67 bits per heavy atom. The standard InChI is InChI=1S/C13H25NO/c1-4-7-13(8-6-9-14-10-13)12(15)11(3)5-2/h11,14H,4-10H2,1-3H3. The molecule has 1 rings (SSSR count). The summed E-state index contributed by atoms with van der Waals surface area (Å²) in [6.45, 7) is 8.36. The summed E-state index contributed by atoms with van der Waals surface area (Å²) in [6.07, 6.45) is 5.40. The Bertz CT molecular complexity index is 201. The predicted octanol–water partition coefficient (Wildman–Crippen LogP) is 2.77. The Morgan fingerprint density at radius 1 is 1.47 bits per heavy atom. The number of ketones is 1. The molecule has 0 aromatic carbocycles. The molecule has 1 aliphatic rings. The van der Waals surface area contributed by atoms with E-state index in [4.69, 9.17) is 0 Å². The molecule has 2 nitrogen and oxygen atoms in total. The zero-order chi connectivity index (χ0) is 11.3. The lowest BCUT2D eigenvalue weighted by atomic mass is 9.70. The van der Waals surface area contributed by atoms with Gasteiger partial charge >= 0.3 is 0 Å². The second-order valence-corrected chi connectivity index (χ2v) is 4.98. The van der Waals surface area contributed by atoms with Gasteiger partial charge in [0.1, 0.15) is 5.78 Å². The molecular formula is C13H25NO. The first-order valence-electron chi connectivity index (χ1n) is 6.41. The summed E-state index contributed by atoms with van der Waals surface area (Å²) in [4.78, 5) is 12.4. The Hall–Kier alpha value is -0.370. The highest BCUT2D eigenvalue weighted by molar-refractivity contribution is 5.87. The average Bonchev–Trinajstić information content (AvgIpc) is 2.28. The minimum absolute atomic E-state index is 0.0393. The van der Waals surface area contributed by atoms with Crippen LogP contribution in [0.5, 0.6) is 0 Å². The molecule has 0 amide bonds. The van der Waals surface area contributed by atoms with Crippen molar-refractivity contribution >= 4 is 5.78 Å². The summed E-state index contributed by atoms with van der Waals surface area (Å²) in [5.41, 5.74) is -0.0393. The van der Waals surface area contributed by atoms with Crippen LogP contribution in [-0.2, 0) is 4.79 Å². The third-order valence-electron chi connectivity index (χ3n) is 3.78. The van der Waals surface area contributed by atoms with E-state index in [1.807, 2.05) is 0 Å². The van der Waals surface area contributed by atoms with Gasteiger partial charge in [-0.25, -0.2) is 0 Å². The van der Waals surface area contributed by atoms with E-state index < -0.39 is 0 Å². The highest BCUT2D eigenvalue weighted by Gasteiger charge is 2.39. The third-order valence-corrected chi connectivity index (χ3v) is 3.78. The topological polar surface area (TPSA) is 29.1 Å². The van der Waals surface area contributed by atoms with Crippen molar-refractivity contribution in [2.24, 2.45) is 11.3 Å². The van der Waals surface area contributed by atoms with Crippen molar-refractivity contribution in [1.29, 1.82) is 0 Å². The van der Waals surface area contributed by atoms with Gasteiger partial charge in [0, 0.05) is 17.9 Å². The summed E-state index contributed by atoms with van der Waals surface area (Å²) in [5.74, 6) is 0.732. The zero-order valence-corrected chi connectivity index (χ0v) is 10.4. The molecule has 0 spiro atoms. The van der Waals surface area contributed by atoms with E-state index in [0.717, 1.165) is 45.2 Å². The van der Waals surface area contributed by atoms with Crippen LogP contribution in [0.25, 0.3) is 0 Å². The Kier molecular flexibility index (Phi) is 4.78. The summed E-state index contributed by atoms with van der Waals surface area (Å²) < 4.78 is 0. The lowest BCUT2D eigenvalue weighted by Crippen LogP contribution is -2.47. The van der Waals surface area contributed by atoms with Crippen LogP contribution < -0.4 is 5.32 Å². The predicted molar refractivity (Wildman–Crippen MR) is 63.9 cm³/mol. The minimum Gasteiger partial charge on any atom is -0.316 e. The molecule has 1 aliphatic heterocycles. The quantitative estimate of drug-likeness (QED) is 0.757. The van der Waals surface area contributed by atoms with Crippen molar-refractivity contribution in [2.45, 2.75) is 52.9 Å². The van der Waals surface area contributed by atoms with Crippen LogP contribution in [0, 0.1) is 11.3 Å². The molecule has 15 heavy (non-hydrogen) atoms. The fraction of sp³-hybridized carbons (Fsp3) is 0.923. The van der Waals surface area contributed by atoms with E-state index in [2.05, 4.69) is 26.1 Å². The second-order valence-electron chi connectivity index (χ2n) is 4.98. The fourth-order valence-electron chi connectivity index (χ4n) is 2.70. The molecule has 0 bridgehead atoms. The molecule has 88 valence electrons. The number of Topliss-reactive ketones (excluding diaryl/α,β-unsaturated/α-hetero) is 1. The first-order valence-corrected chi connectivity index (χ1v) is 6.41. The van der Waals surface area contributed by atoms with Crippen molar-refractivity contribution in [1.82, 2.24) is 5.32 Å². The van der Waals surface area contributed by atoms with Crippen LogP contribution in [0.2, 0.25) is 0 Å². The van der Waals surface area contributed by atoms with Gasteiger partial charge in [-0.1, -0.05) is 27.2 Å². The highest BCUT2D eigenvalue weighted by atomic mass is 16.1. The minimum atomic E-state index is -0.0393. The number of hydrogen-bond donors (Lipinski definition) is 1. The van der Waals surface area contributed by atoms with Gasteiger partial charge in [0.2, 0.25) is 0 Å². The lowest BCUT2D eigenvalue weighted by molar-refractivity contribution is -0.134. The van der Waals surface area contributed by atoms with Crippen LogP contribution in [0.4, 0.5) is 0 Å². The van der Waals surface area contributed by atoms with E-state index in [-0.39, 0.29) is 11.3 Å². The number of carbonyl (C=O) groups excluding carboxylic acids is 1. The first kappa shape index (κ1) is 12.7. The van der Waals surface area contributed by atoms with Crippen molar-refractivity contribution in [3.05, 3.63) is 0 Å².